The van der Waals surface area contributed by atoms with Crippen LogP contribution in [-0.2, 0) is 0 Å². The van der Waals surface area contributed by atoms with Crippen LogP contribution in [0.25, 0.3) is 0 Å². The number of halogens is 2. The SMILES string of the molecule is CNCCC(F)(F)CCO. The van der Waals surface area contributed by atoms with E-state index in [1.54, 1.807) is 7.05 Å². The molecule has 0 amide bonds. The highest BCUT2D eigenvalue weighted by atomic mass is 19.3. The lowest BCUT2D eigenvalue weighted by Crippen LogP contribution is -2.23. The van der Waals surface area contributed by atoms with E-state index in [0.29, 0.717) is 0 Å². The summed E-state index contributed by atoms with van der Waals surface area (Å²) in [4.78, 5) is 0. The van der Waals surface area contributed by atoms with Crippen molar-refractivity contribution in [1.29, 1.82) is 0 Å². The van der Waals surface area contributed by atoms with Gasteiger partial charge in [0.05, 0.1) is 0 Å². The first kappa shape index (κ1) is 9.78. The number of hydrogen-bond acceptors (Lipinski definition) is 2. The van der Waals surface area contributed by atoms with E-state index in [0.717, 1.165) is 0 Å². The highest BCUT2D eigenvalue weighted by Gasteiger charge is 2.26. The van der Waals surface area contributed by atoms with Gasteiger partial charge in [0.1, 0.15) is 0 Å². The van der Waals surface area contributed by atoms with E-state index < -0.39 is 19.0 Å². The molecule has 0 spiro atoms. The number of hydrogen-bond donors (Lipinski definition) is 2. The quantitative estimate of drug-likeness (QED) is 0.606. The lowest BCUT2D eigenvalue weighted by atomic mass is 10.2. The molecule has 0 bridgehead atoms. The van der Waals surface area contributed by atoms with Crippen molar-refractivity contribution in [2.75, 3.05) is 20.2 Å². The molecule has 0 aromatic carbocycles. The van der Waals surface area contributed by atoms with Gasteiger partial charge in [-0.25, -0.2) is 8.78 Å². The second-order valence-electron chi connectivity index (χ2n) is 2.18. The summed E-state index contributed by atoms with van der Waals surface area (Å²) < 4.78 is 24.8. The molecule has 2 N–H and O–H groups in total. The molecule has 0 aromatic rings. The Bertz CT molecular complexity index is 87.8. The van der Waals surface area contributed by atoms with E-state index in [9.17, 15) is 8.78 Å². The summed E-state index contributed by atoms with van der Waals surface area (Å²) in [6.45, 7) is -0.163. The van der Waals surface area contributed by atoms with Crippen LogP contribution in [0.1, 0.15) is 12.8 Å². The maximum absolute atomic E-state index is 12.4. The highest BCUT2D eigenvalue weighted by Crippen LogP contribution is 2.21. The molecule has 0 aliphatic heterocycles. The average Bonchev–Trinajstić information content (AvgIpc) is 1.84. The van der Waals surface area contributed by atoms with Crippen LogP contribution in [-0.4, -0.2) is 31.2 Å². The summed E-state index contributed by atoms with van der Waals surface area (Å²) in [5.41, 5.74) is 0. The van der Waals surface area contributed by atoms with Gasteiger partial charge < -0.3 is 10.4 Å². The number of rotatable bonds is 5. The van der Waals surface area contributed by atoms with Gasteiger partial charge in [0, 0.05) is 26.0 Å². The lowest BCUT2D eigenvalue weighted by Gasteiger charge is -2.13. The Morgan fingerprint density at radius 3 is 2.40 bits per heavy atom. The largest absolute Gasteiger partial charge is 0.396 e. The van der Waals surface area contributed by atoms with Crippen molar-refractivity contribution < 1.29 is 13.9 Å². The molecule has 0 aromatic heterocycles. The summed E-state index contributed by atoms with van der Waals surface area (Å²) in [5, 5.41) is 10.8. The highest BCUT2D eigenvalue weighted by molar-refractivity contribution is 4.65. The van der Waals surface area contributed by atoms with E-state index in [-0.39, 0.29) is 13.0 Å². The van der Waals surface area contributed by atoms with E-state index in [4.69, 9.17) is 5.11 Å². The molecule has 0 unspecified atom stereocenters. The second-order valence-corrected chi connectivity index (χ2v) is 2.18. The van der Waals surface area contributed by atoms with Gasteiger partial charge in [-0.2, -0.15) is 0 Å². The Hall–Kier alpha value is -0.220. The third kappa shape index (κ3) is 4.64. The van der Waals surface area contributed by atoms with Crippen LogP contribution in [0.4, 0.5) is 8.78 Å². The zero-order valence-corrected chi connectivity index (χ0v) is 6.03. The monoisotopic (exact) mass is 153 g/mol. The van der Waals surface area contributed by atoms with Gasteiger partial charge in [-0.15, -0.1) is 0 Å². The van der Waals surface area contributed by atoms with Crippen LogP contribution in [0.15, 0.2) is 0 Å². The Labute approximate surface area is 59.2 Å². The molecular formula is C6H13F2NO. The first-order chi connectivity index (χ1) is 4.62. The van der Waals surface area contributed by atoms with Gasteiger partial charge in [0.15, 0.2) is 0 Å². The van der Waals surface area contributed by atoms with E-state index >= 15 is 0 Å². The average molecular weight is 153 g/mol. The molecule has 0 aliphatic carbocycles. The number of aliphatic hydroxyl groups is 1. The molecule has 2 nitrogen and oxygen atoms in total. The first-order valence-electron chi connectivity index (χ1n) is 3.25. The molecule has 0 rings (SSSR count). The smallest absolute Gasteiger partial charge is 0.251 e. The minimum Gasteiger partial charge on any atom is -0.396 e. The molecule has 0 aliphatic rings. The van der Waals surface area contributed by atoms with Crippen molar-refractivity contribution in [3.63, 3.8) is 0 Å². The summed E-state index contributed by atoms with van der Waals surface area (Å²) in [7, 11) is 1.62. The Kier molecular flexibility index (Phi) is 4.47. The summed E-state index contributed by atoms with van der Waals surface area (Å²) in [6, 6.07) is 0. The van der Waals surface area contributed by atoms with Crippen LogP contribution < -0.4 is 5.32 Å². The number of nitrogens with one attached hydrogen (secondary N) is 1. The lowest BCUT2D eigenvalue weighted by molar-refractivity contribution is -0.0278. The molecule has 0 atom stereocenters. The third-order valence-corrected chi connectivity index (χ3v) is 1.22. The topological polar surface area (TPSA) is 32.3 Å². The summed E-state index contributed by atoms with van der Waals surface area (Å²) in [6.07, 6.45) is -0.640. The fourth-order valence-corrected chi connectivity index (χ4v) is 0.596. The van der Waals surface area contributed by atoms with E-state index in [1.807, 2.05) is 0 Å². The minimum atomic E-state index is -2.71. The first-order valence-corrected chi connectivity index (χ1v) is 3.25. The molecule has 62 valence electrons. The van der Waals surface area contributed by atoms with Gasteiger partial charge in [-0.3, -0.25) is 0 Å². The Morgan fingerprint density at radius 2 is 2.00 bits per heavy atom. The van der Waals surface area contributed by atoms with Crippen molar-refractivity contribution in [2.45, 2.75) is 18.8 Å². The van der Waals surface area contributed by atoms with Gasteiger partial charge in [-0.1, -0.05) is 0 Å². The standard InChI is InChI=1S/C6H13F2NO/c1-9-4-2-6(7,8)3-5-10/h9-10H,2-5H2,1H3. The normalized spacial score (nSPS) is 12.0. The van der Waals surface area contributed by atoms with Gasteiger partial charge in [-0.05, 0) is 7.05 Å². The summed E-state index contributed by atoms with van der Waals surface area (Å²) >= 11 is 0. The maximum atomic E-state index is 12.4. The van der Waals surface area contributed by atoms with Crippen LogP contribution in [0.3, 0.4) is 0 Å². The van der Waals surface area contributed by atoms with Crippen molar-refractivity contribution in [1.82, 2.24) is 5.32 Å². The van der Waals surface area contributed by atoms with Gasteiger partial charge in [0.2, 0.25) is 0 Å². The van der Waals surface area contributed by atoms with E-state index in [2.05, 4.69) is 5.32 Å². The predicted molar refractivity (Wildman–Crippen MR) is 35.2 cm³/mol. The van der Waals surface area contributed by atoms with Gasteiger partial charge in [0.25, 0.3) is 5.92 Å². The third-order valence-electron chi connectivity index (χ3n) is 1.22. The van der Waals surface area contributed by atoms with Crippen molar-refractivity contribution >= 4 is 0 Å². The number of alkyl halides is 2. The van der Waals surface area contributed by atoms with Crippen molar-refractivity contribution in [3.8, 4) is 0 Å². The fraction of sp³-hybridized carbons (Fsp3) is 1.00. The zero-order valence-electron chi connectivity index (χ0n) is 6.03. The van der Waals surface area contributed by atoms with Crippen LogP contribution >= 0.6 is 0 Å². The molecular weight excluding hydrogens is 140 g/mol. The van der Waals surface area contributed by atoms with Crippen LogP contribution in [0.5, 0.6) is 0 Å². The predicted octanol–water partition coefficient (Wildman–Crippen LogP) is 0.614. The minimum absolute atomic E-state index is 0.204. The molecule has 0 radical (unpaired) electrons. The summed E-state index contributed by atoms with van der Waals surface area (Å²) in [5.74, 6) is -2.71. The Balaban J connectivity index is 3.42. The fourth-order valence-electron chi connectivity index (χ4n) is 0.596. The zero-order chi connectivity index (χ0) is 8.04. The Morgan fingerprint density at radius 1 is 1.40 bits per heavy atom. The van der Waals surface area contributed by atoms with Crippen molar-refractivity contribution in [2.24, 2.45) is 0 Å². The maximum Gasteiger partial charge on any atom is 0.251 e. The molecule has 10 heavy (non-hydrogen) atoms. The van der Waals surface area contributed by atoms with E-state index in [1.165, 1.54) is 0 Å². The van der Waals surface area contributed by atoms with Crippen molar-refractivity contribution in [3.05, 3.63) is 0 Å². The molecule has 0 fully saturated rings. The molecule has 0 saturated carbocycles. The van der Waals surface area contributed by atoms with Gasteiger partial charge >= 0.3 is 0 Å². The van der Waals surface area contributed by atoms with Crippen LogP contribution in [0, 0.1) is 0 Å². The number of aliphatic hydroxyl groups excluding tert-OH is 1. The second kappa shape index (κ2) is 4.57. The molecule has 4 heteroatoms. The molecule has 0 saturated heterocycles. The molecule has 0 heterocycles. The van der Waals surface area contributed by atoms with Crippen LogP contribution in [0.2, 0.25) is 0 Å².